The van der Waals surface area contributed by atoms with Crippen molar-refractivity contribution in [2.75, 3.05) is 26.0 Å². The van der Waals surface area contributed by atoms with E-state index in [0.717, 1.165) is 20.9 Å². The Balaban J connectivity index is 1.78. The molecule has 0 saturated heterocycles. The zero-order chi connectivity index (χ0) is 16.4. The van der Waals surface area contributed by atoms with Gasteiger partial charge in [-0.2, -0.15) is 0 Å². The molecule has 0 aliphatic rings. The highest BCUT2D eigenvalue weighted by molar-refractivity contribution is 7.18. The first kappa shape index (κ1) is 15.5. The second-order valence-corrected chi connectivity index (χ2v) is 6.80. The molecule has 3 aromatic rings. The van der Waals surface area contributed by atoms with Gasteiger partial charge in [0, 0.05) is 32.4 Å². The molecule has 23 heavy (non-hydrogen) atoms. The van der Waals surface area contributed by atoms with E-state index in [1.165, 1.54) is 0 Å². The molecule has 0 atom stereocenters. The molecule has 0 aliphatic carbocycles. The lowest BCUT2D eigenvalue weighted by Crippen LogP contribution is -2.26. The zero-order valence-corrected chi connectivity index (χ0v) is 14.3. The van der Waals surface area contributed by atoms with E-state index in [-0.39, 0.29) is 5.91 Å². The van der Waals surface area contributed by atoms with Crippen LogP contribution >= 0.6 is 11.3 Å². The predicted molar refractivity (Wildman–Crippen MR) is 96.2 cm³/mol. The number of carbonyl (C=O) groups is 1. The number of benzene rings is 2. The first-order valence-corrected chi connectivity index (χ1v) is 8.23. The number of amides is 1. The Kier molecular flexibility index (Phi) is 4.30. The van der Waals surface area contributed by atoms with Gasteiger partial charge in [-0.05, 0) is 30.3 Å². The number of rotatable bonds is 4. The van der Waals surface area contributed by atoms with Crippen LogP contribution in [-0.4, -0.2) is 36.9 Å². The molecule has 0 N–H and O–H groups in total. The maximum absolute atomic E-state index is 12.6. The Morgan fingerprint density at radius 2 is 1.87 bits per heavy atom. The van der Waals surface area contributed by atoms with Crippen LogP contribution in [0.3, 0.4) is 0 Å². The molecule has 2 aromatic carbocycles. The van der Waals surface area contributed by atoms with Crippen molar-refractivity contribution < 1.29 is 4.79 Å². The van der Waals surface area contributed by atoms with Crippen LogP contribution in [0.25, 0.3) is 10.2 Å². The monoisotopic (exact) mass is 325 g/mol. The van der Waals surface area contributed by atoms with Crippen LogP contribution < -0.4 is 4.90 Å². The topological polar surface area (TPSA) is 36.4 Å². The minimum absolute atomic E-state index is 0.00737. The van der Waals surface area contributed by atoms with E-state index in [4.69, 9.17) is 0 Å². The van der Waals surface area contributed by atoms with Gasteiger partial charge in [-0.3, -0.25) is 4.79 Å². The third kappa shape index (κ3) is 3.35. The summed E-state index contributed by atoms with van der Waals surface area (Å²) in [5.41, 5.74) is 2.70. The Bertz CT molecular complexity index is 808. The summed E-state index contributed by atoms with van der Waals surface area (Å²) in [7, 11) is 5.75. The van der Waals surface area contributed by atoms with Crippen LogP contribution in [0.4, 0.5) is 5.69 Å². The van der Waals surface area contributed by atoms with Crippen molar-refractivity contribution in [3.63, 3.8) is 0 Å². The Labute approximate surface area is 140 Å². The minimum Gasteiger partial charge on any atom is -0.378 e. The molecule has 1 heterocycles. The molecule has 0 saturated carbocycles. The number of hydrogen-bond donors (Lipinski definition) is 0. The van der Waals surface area contributed by atoms with Crippen molar-refractivity contribution in [2.45, 2.75) is 6.54 Å². The van der Waals surface area contributed by atoms with E-state index in [9.17, 15) is 4.79 Å². The standard InChI is InChI=1S/C18H19N3OS/c1-20(2)14-8-6-7-13(11-14)18(22)21(3)12-17-19-15-9-4-5-10-16(15)23-17/h4-11H,12H2,1-3H3. The second-order valence-electron chi connectivity index (χ2n) is 5.68. The lowest BCUT2D eigenvalue weighted by molar-refractivity contribution is 0.0785. The fourth-order valence-electron chi connectivity index (χ4n) is 2.40. The summed E-state index contributed by atoms with van der Waals surface area (Å²) in [6, 6.07) is 15.7. The minimum atomic E-state index is 0.00737. The number of anilines is 1. The molecule has 118 valence electrons. The van der Waals surface area contributed by atoms with Gasteiger partial charge in [-0.1, -0.05) is 18.2 Å². The zero-order valence-electron chi connectivity index (χ0n) is 13.5. The summed E-state index contributed by atoms with van der Waals surface area (Å²) in [5.74, 6) is 0.00737. The van der Waals surface area contributed by atoms with Crippen LogP contribution in [0.5, 0.6) is 0 Å². The van der Waals surface area contributed by atoms with Crippen molar-refractivity contribution in [3.05, 3.63) is 59.1 Å². The number of aromatic nitrogens is 1. The highest BCUT2D eigenvalue weighted by atomic mass is 32.1. The quantitative estimate of drug-likeness (QED) is 0.735. The molecule has 3 rings (SSSR count). The van der Waals surface area contributed by atoms with Crippen LogP contribution in [0.2, 0.25) is 0 Å². The molecule has 0 radical (unpaired) electrons. The number of para-hydroxylation sites is 1. The average Bonchev–Trinajstić information content (AvgIpc) is 2.96. The summed E-state index contributed by atoms with van der Waals surface area (Å²) in [4.78, 5) is 20.9. The first-order valence-electron chi connectivity index (χ1n) is 7.42. The molecular formula is C18H19N3OS. The number of hydrogen-bond acceptors (Lipinski definition) is 4. The summed E-state index contributed by atoms with van der Waals surface area (Å²) in [6.07, 6.45) is 0. The van der Waals surface area contributed by atoms with Gasteiger partial charge in [-0.15, -0.1) is 11.3 Å². The lowest BCUT2D eigenvalue weighted by atomic mass is 10.1. The van der Waals surface area contributed by atoms with Crippen molar-refractivity contribution in [2.24, 2.45) is 0 Å². The average molecular weight is 325 g/mol. The van der Waals surface area contributed by atoms with Gasteiger partial charge < -0.3 is 9.80 Å². The fourth-order valence-corrected chi connectivity index (χ4v) is 3.42. The molecule has 0 aliphatic heterocycles. The molecule has 4 nitrogen and oxygen atoms in total. The maximum atomic E-state index is 12.6. The van der Waals surface area contributed by atoms with Gasteiger partial charge in [0.05, 0.1) is 16.8 Å². The number of carbonyl (C=O) groups excluding carboxylic acids is 1. The van der Waals surface area contributed by atoms with Gasteiger partial charge in [0.1, 0.15) is 5.01 Å². The molecule has 0 fully saturated rings. The SMILES string of the molecule is CN(Cc1nc2ccccc2s1)C(=O)c1cccc(N(C)C)c1. The molecule has 0 bridgehead atoms. The van der Waals surface area contributed by atoms with Crippen LogP contribution in [0.15, 0.2) is 48.5 Å². The Morgan fingerprint density at radius 3 is 2.61 bits per heavy atom. The van der Waals surface area contributed by atoms with E-state index in [0.29, 0.717) is 12.1 Å². The van der Waals surface area contributed by atoms with E-state index in [2.05, 4.69) is 11.1 Å². The summed E-state index contributed by atoms with van der Waals surface area (Å²) >= 11 is 1.63. The van der Waals surface area contributed by atoms with Crippen LogP contribution in [-0.2, 0) is 6.54 Å². The number of nitrogens with zero attached hydrogens (tertiary/aromatic N) is 3. The van der Waals surface area contributed by atoms with E-state index in [1.807, 2.05) is 68.5 Å². The van der Waals surface area contributed by atoms with E-state index >= 15 is 0 Å². The van der Waals surface area contributed by atoms with Crippen molar-refractivity contribution in [3.8, 4) is 0 Å². The fraction of sp³-hybridized carbons (Fsp3) is 0.222. The molecule has 0 unspecified atom stereocenters. The normalized spacial score (nSPS) is 10.7. The van der Waals surface area contributed by atoms with Gasteiger partial charge in [-0.25, -0.2) is 4.98 Å². The summed E-state index contributed by atoms with van der Waals surface area (Å²) in [5, 5.41) is 0.950. The van der Waals surface area contributed by atoms with Crippen molar-refractivity contribution in [1.29, 1.82) is 0 Å². The third-order valence-electron chi connectivity index (χ3n) is 3.67. The lowest BCUT2D eigenvalue weighted by Gasteiger charge is -2.18. The predicted octanol–water partition coefficient (Wildman–Crippen LogP) is 3.63. The number of thiazole rings is 1. The first-order chi connectivity index (χ1) is 11.0. The Hall–Kier alpha value is -2.40. The van der Waals surface area contributed by atoms with Gasteiger partial charge in [0.25, 0.3) is 5.91 Å². The summed E-state index contributed by atoms with van der Waals surface area (Å²) < 4.78 is 1.15. The third-order valence-corrected chi connectivity index (χ3v) is 4.69. The molecule has 5 heteroatoms. The molecule has 1 amide bonds. The van der Waals surface area contributed by atoms with Crippen LogP contribution in [0, 0.1) is 0 Å². The smallest absolute Gasteiger partial charge is 0.254 e. The maximum Gasteiger partial charge on any atom is 0.254 e. The molecule has 0 spiro atoms. The van der Waals surface area contributed by atoms with E-state index in [1.54, 1.807) is 16.2 Å². The van der Waals surface area contributed by atoms with Crippen molar-refractivity contribution >= 4 is 33.1 Å². The van der Waals surface area contributed by atoms with Gasteiger partial charge in [0.2, 0.25) is 0 Å². The van der Waals surface area contributed by atoms with Gasteiger partial charge in [0.15, 0.2) is 0 Å². The summed E-state index contributed by atoms with van der Waals surface area (Å²) in [6.45, 7) is 0.518. The second kappa shape index (κ2) is 6.38. The Morgan fingerprint density at radius 1 is 1.09 bits per heavy atom. The van der Waals surface area contributed by atoms with Gasteiger partial charge >= 0.3 is 0 Å². The van der Waals surface area contributed by atoms with Crippen molar-refractivity contribution in [1.82, 2.24) is 9.88 Å². The largest absolute Gasteiger partial charge is 0.378 e. The number of fused-ring (bicyclic) bond motifs is 1. The highest BCUT2D eigenvalue weighted by Crippen LogP contribution is 2.23. The molecular weight excluding hydrogens is 306 g/mol. The molecule has 1 aromatic heterocycles. The van der Waals surface area contributed by atoms with E-state index < -0.39 is 0 Å². The highest BCUT2D eigenvalue weighted by Gasteiger charge is 2.15. The van der Waals surface area contributed by atoms with Crippen LogP contribution in [0.1, 0.15) is 15.4 Å².